The third-order valence-electron chi connectivity index (χ3n) is 5.13. The highest BCUT2D eigenvalue weighted by Crippen LogP contribution is 2.50. The topological polar surface area (TPSA) is 20.2 Å². The van der Waals surface area contributed by atoms with Gasteiger partial charge in [-0.05, 0) is 62.2 Å². The van der Waals surface area contributed by atoms with Crippen LogP contribution in [-0.2, 0) is 0 Å². The van der Waals surface area contributed by atoms with E-state index in [0.29, 0.717) is 5.92 Å². The van der Waals surface area contributed by atoms with Crippen molar-refractivity contribution in [2.24, 2.45) is 23.7 Å². The molecule has 0 amide bonds. The Morgan fingerprint density at radius 2 is 1.93 bits per heavy atom. The van der Waals surface area contributed by atoms with Crippen molar-refractivity contribution >= 4 is 0 Å². The number of aliphatic hydroxyl groups excluding tert-OH is 1. The molecule has 0 aromatic heterocycles. The van der Waals surface area contributed by atoms with Gasteiger partial charge in [-0.15, -0.1) is 0 Å². The molecule has 3 fully saturated rings. The monoisotopic (exact) mass is 208 g/mol. The van der Waals surface area contributed by atoms with Crippen LogP contribution in [0.4, 0.5) is 0 Å². The lowest BCUT2D eigenvalue weighted by molar-refractivity contribution is 0.134. The van der Waals surface area contributed by atoms with Gasteiger partial charge in [-0.1, -0.05) is 19.3 Å². The summed E-state index contributed by atoms with van der Waals surface area (Å²) in [6, 6.07) is 0. The van der Waals surface area contributed by atoms with Crippen molar-refractivity contribution in [3.05, 3.63) is 0 Å². The van der Waals surface area contributed by atoms with Crippen LogP contribution < -0.4 is 0 Å². The van der Waals surface area contributed by atoms with E-state index in [1.807, 2.05) is 0 Å². The van der Waals surface area contributed by atoms with E-state index >= 15 is 0 Å². The van der Waals surface area contributed by atoms with Crippen molar-refractivity contribution in [3.8, 4) is 0 Å². The Morgan fingerprint density at radius 1 is 1.07 bits per heavy atom. The maximum atomic E-state index is 9.79. The first-order valence-electron chi connectivity index (χ1n) is 7.01. The maximum absolute atomic E-state index is 9.79. The van der Waals surface area contributed by atoms with Crippen molar-refractivity contribution in [3.63, 3.8) is 0 Å². The number of fused-ring (bicyclic) bond motifs is 2. The zero-order valence-corrected chi connectivity index (χ0v) is 9.70. The van der Waals surface area contributed by atoms with Gasteiger partial charge >= 0.3 is 0 Å². The predicted molar refractivity (Wildman–Crippen MR) is 61.5 cm³/mol. The van der Waals surface area contributed by atoms with E-state index in [1.54, 1.807) is 0 Å². The minimum Gasteiger partial charge on any atom is -0.393 e. The van der Waals surface area contributed by atoms with Gasteiger partial charge in [-0.3, -0.25) is 0 Å². The summed E-state index contributed by atoms with van der Waals surface area (Å²) in [5, 5.41) is 9.79. The summed E-state index contributed by atoms with van der Waals surface area (Å²) in [6.07, 6.45) is 12.5. The van der Waals surface area contributed by atoms with Gasteiger partial charge in [0.15, 0.2) is 0 Å². The molecule has 1 nitrogen and oxygen atoms in total. The van der Waals surface area contributed by atoms with Crippen LogP contribution in [0.15, 0.2) is 0 Å². The van der Waals surface area contributed by atoms with Crippen LogP contribution in [0.5, 0.6) is 0 Å². The van der Waals surface area contributed by atoms with Crippen LogP contribution >= 0.6 is 0 Å². The fourth-order valence-corrected chi connectivity index (χ4v) is 4.04. The van der Waals surface area contributed by atoms with Crippen LogP contribution in [0.3, 0.4) is 0 Å². The SMILES string of the molecule is OC(CCCC1CC2CCC1C2)C1CC1. The van der Waals surface area contributed by atoms with Gasteiger partial charge in [0.1, 0.15) is 0 Å². The standard InChI is InChI=1S/C14H24O/c15-14(11-6-7-11)3-1-2-12-8-10-4-5-13(12)9-10/h10-15H,1-9H2. The summed E-state index contributed by atoms with van der Waals surface area (Å²) >= 11 is 0. The van der Waals surface area contributed by atoms with Crippen LogP contribution in [0.2, 0.25) is 0 Å². The molecule has 0 radical (unpaired) electrons. The average molecular weight is 208 g/mol. The van der Waals surface area contributed by atoms with Crippen LogP contribution in [-0.4, -0.2) is 11.2 Å². The first-order valence-corrected chi connectivity index (χ1v) is 7.01. The summed E-state index contributed by atoms with van der Waals surface area (Å²) in [4.78, 5) is 0. The molecule has 3 rings (SSSR count). The number of hydrogen-bond acceptors (Lipinski definition) is 1. The molecule has 2 bridgehead atoms. The average Bonchev–Trinajstić information content (AvgIpc) is 2.90. The van der Waals surface area contributed by atoms with Gasteiger partial charge in [-0.2, -0.15) is 0 Å². The predicted octanol–water partition coefficient (Wildman–Crippen LogP) is 3.36. The van der Waals surface area contributed by atoms with Gasteiger partial charge in [-0.25, -0.2) is 0 Å². The zero-order valence-electron chi connectivity index (χ0n) is 9.70. The lowest BCUT2D eigenvalue weighted by atomic mass is 9.85. The molecule has 3 saturated carbocycles. The van der Waals surface area contributed by atoms with Gasteiger partial charge < -0.3 is 5.11 Å². The molecule has 86 valence electrons. The molecule has 3 aliphatic carbocycles. The molecule has 0 saturated heterocycles. The molecular weight excluding hydrogens is 184 g/mol. The molecule has 0 heterocycles. The Hall–Kier alpha value is -0.0400. The Bertz CT molecular complexity index is 221. The molecular formula is C14H24O. The molecule has 0 aliphatic heterocycles. The van der Waals surface area contributed by atoms with E-state index in [2.05, 4.69) is 0 Å². The molecule has 0 aromatic rings. The fraction of sp³-hybridized carbons (Fsp3) is 1.00. The zero-order chi connectivity index (χ0) is 10.3. The first kappa shape index (κ1) is 10.1. The second kappa shape index (κ2) is 4.08. The Labute approximate surface area is 93.3 Å². The van der Waals surface area contributed by atoms with E-state index in [1.165, 1.54) is 51.4 Å². The van der Waals surface area contributed by atoms with E-state index in [9.17, 15) is 5.11 Å². The molecule has 3 aliphatic rings. The molecule has 1 heteroatoms. The van der Waals surface area contributed by atoms with Crippen molar-refractivity contribution in [1.29, 1.82) is 0 Å². The number of hydrogen-bond donors (Lipinski definition) is 1. The molecule has 1 N–H and O–H groups in total. The van der Waals surface area contributed by atoms with E-state index in [4.69, 9.17) is 0 Å². The highest BCUT2D eigenvalue weighted by molar-refractivity contribution is 4.90. The van der Waals surface area contributed by atoms with E-state index < -0.39 is 0 Å². The summed E-state index contributed by atoms with van der Waals surface area (Å²) < 4.78 is 0. The minimum absolute atomic E-state index is 0.0450. The summed E-state index contributed by atoms with van der Waals surface area (Å²) in [6.45, 7) is 0. The van der Waals surface area contributed by atoms with Crippen molar-refractivity contribution in [2.45, 2.75) is 63.9 Å². The lowest BCUT2D eigenvalue weighted by Crippen LogP contribution is -2.13. The van der Waals surface area contributed by atoms with Gasteiger partial charge in [0.25, 0.3) is 0 Å². The summed E-state index contributed by atoms with van der Waals surface area (Å²) in [5.41, 5.74) is 0. The molecule has 0 aromatic carbocycles. The summed E-state index contributed by atoms with van der Waals surface area (Å²) in [5.74, 6) is 3.89. The normalized spacial score (nSPS) is 41.0. The fourth-order valence-electron chi connectivity index (χ4n) is 4.04. The Morgan fingerprint density at radius 3 is 2.53 bits per heavy atom. The summed E-state index contributed by atoms with van der Waals surface area (Å²) in [7, 11) is 0. The molecule has 4 atom stereocenters. The minimum atomic E-state index is 0.0450. The van der Waals surface area contributed by atoms with Gasteiger partial charge in [0, 0.05) is 0 Å². The number of aliphatic hydroxyl groups is 1. The smallest absolute Gasteiger partial charge is 0.0568 e. The van der Waals surface area contributed by atoms with Crippen LogP contribution in [0.1, 0.15) is 57.8 Å². The molecule has 4 unspecified atom stereocenters. The van der Waals surface area contributed by atoms with Gasteiger partial charge in [0.2, 0.25) is 0 Å². The highest BCUT2D eigenvalue weighted by atomic mass is 16.3. The highest BCUT2D eigenvalue weighted by Gasteiger charge is 2.39. The maximum Gasteiger partial charge on any atom is 0.0568 e. The van der Waals surface area contributed by atoms with Crippen molar-refractivity contribution in [2.75, 3.05) is 0 Å². The second-order valence-corrected chi connectivity index (χ2v) is 6.27. The molecule has 15 heavy (non-hydrogen) atoms. The lowest BCUT2D eigenvalue weighted by Gasteiger charge is -2.21. The van der Waals surface area contributed by atoms with Crippen molar-refractivity contribution < 1.29 is 5.11 Å². The van der Waals surface area contributed by atoms with E-state index in [0.717, 1.165) is 24.2 Å². The van der Waals surface area contributed by atoms with Gasteiger partial charge in [0.05, 0.1) is 6.10 Å². The van der Waals surface area contributed by atoms with Crippen molar-refractivity contribution in [1.82, 2.24) is 0 Å². The first-order chi connectivity index (χ1) is 7.33. The largest absolute Gasteiger partial charge is 0.393 e. The van der Waals surface area contributed by atoms with E-state index in [-0.39, 0.29) is 6.10 Å². The molecule has 0 spiro atoms. The van der Waals surface area contributed by atoms with Crippen LogP contribution in [0.25, 0.3) is 0 Å². The number of rotatable bonds is 5. The second-order valence-electron chi connectivity index (χ2n) is 6.27. The van der Waals surface area contributed by atoms with Crippen LogP contribution in [0, 0.1) is 23.7 Å². The third-order valence-corrected chi connectivity index (χ3v) is 5.13. The quantitative estimate of drug-likeness (QED) is 0.734. The Kier molecular flexibility index (Phi) is 2.76. The Balaban J connectivity index is 1.35. The third kappa shape index (κ3) is 2.22.